The smallest absolute Gasteiger partial charge is 0.362 e. The Morgan fingerprint density at radius 1 is 1.67 bits per heavy atom. The minimum Gasteiger partial charge on any atom is -0.462 e. The molecule has 0 fully saturated rings. The molecule has 0 spiro atoms. The van der Waals surface area contributed by atoms with Crippen LogP contribution in [-0.2, 0) is 9.53 Å². The summed E-state index contributed by atoms with van der Waals surface area (Å²) in [6.07, 6.45) is -0.853. The number of carbonyl (C=O) groups excluding carboxylic acids is 1. The number of hydrogen-bond donors (Lipinski definition) is 0. The molecular formula is C10H12FNO3. The van der Waals surface area contributed by atoms with Crippen LogP contribution in [0.3, 0.4) is 0 Å². The van der Waals surface area contributed by atoms with Crippen molar-refractivity contribution in [2.75, 3.05) is 6.61 Å². The molecule has 1 rings (SSSR count). The highest BCUT2D eigenvalue weighted by atomic mass is 19.1. The van der Waals surface area contributed by atoms with E-state index in [2.05, 4.69) is 4.74 Å². The highest BCUT2D eigenvalue weighted by Crippen LogP contribution is 2.07. The summed E-state index contributed by atoms with van der Waals surface area (Å²) in [6, 6.07) is 3.05. The monoisotopic (exact) mass is 213 g/mol. The molecule has 0 aliphatic heterocycles. The number of nitrogens with zero attached hydrogens (tertiary/aromatic N) is 1. The molecule has 0 aliphatic rings. The summed E-state index contributed by atoms with van der Waals surface area (Å²) in [5.74, 6) is -1.05. The van der Waals surface area contributed by atoms with Gasteiger partial charge in [0.05, 0.1) is 6.61 Å². The quantitative estimate of drug-likeness (QED) is 0.708. The predicted molar refractivity (Wildman–Crippen MR) is 52.2 cm³/mol. The Morgan fingerprint density at radius 3 is 2.93 bits per heavy atom. The lowest BCUT2D eigenvalue weighted by Gasteiger charge is -2.10. The van der Waals surface area contributed by atoms with Gasteiger partial charge in [0.2, 0.25) is 0 Å². The molecule has 1 aromatic rings. The van der Waals surface area contributed by atoms with Gasteiger partial charge in [-0.25, -0.2) is 9.18 Å². The number of pyridine rings is 1. The van der Waals surface area contributed by atoms with E-state index < -0.39 is 17.8 Å². The predicted octanol–water partition coefficient (Wildman–Crippen LogP) is 1.19. The van der Waals surface area contributed by atoms with Gasteiger partial charge in [-0.3, -0.25) is 9.36 Å². The van der Waals surface area contributed by atoms with Gasteiger partial charge >= 0.3 is 5.97 Å². The fourth-order valence-electron chi connectivity index (χ4n) is 1.13. The maximum absolute atomic E-state index is 13.4. The summed E-state index contributed by atoms with van der Waals surface area (Å²) in [4.78, 5) is 22.5. The third-order valence-electron chi connectivity index (χ3n) is 1.89. The van der Waals surface area contributed by atoms with Gasteiger partial charge in [0.25, 0.3) is 11.9 Å². The van der Waals surface area contributed by atoms with Crippen LogP contribution in [0.4, 0.5) is 4.39 Å². The zero-order valence-electron chi connectivity index (χ0n) is 8.57. The average Bonchev–Trinajstić information content (AvgIpc) is 2.21. The molecule has 0 radical (unpaired) electrons. The van der Waals surface area contributed by atoms with Crippen LogP contribution in [0.15, 0.2) is 23.1 Å². The Bertz CT molecular complexity index is 413. The molecule has 5 heteroatoms. The first-order valence-electron chi connectivity index (χ1n) is 4.56. The normalized spacial score (nSPS) is 12.2. The molecule has 0 N–H and O–H groups in total. The highest BCUT2D eigenvalue weighted by molar-refractivity contribution is 5.72. The van der Waals surface area contributed by atoms with Crippen LogP contribution in [0.2, 0.25) is 0 Å². The van der Waals surface area contributed by atoms with E-state index in [9.17, 15) is 14.0 Å². The minimum atomic E-state index is -2.07. The Hall–Kier alpha value is -1.65. The number of ether oxygens (including phenoxy) is 1. The van der Waals surface area contributed by atoms with Crippen LogP contribution in [0, 0.1) is 6.92 Å². The molecule has 4 nitrogen and oxygen atoms in total. The second-order valence-electron chi connectivity index (χ2n) is 2.99. The second-order valence-corrected chi connectivity index (χ2v) is 2.99. The first-order chi connectivity index (χ1) is 7.07. The zero-order valence-corrected chi connectivity index (χ0v) is 8.57. The van der Waals surface area contributed by atoms with Crippen LogP contribution in [0.1, 0.15) is 18.8 Å². The number of halogens is 1. The second kappa shape index (κ2) is 4.72. The highest BCUT2D eigenvalue weighted by Gasteiger charge is 2.21. The number of hydrogen-bond acceptors (Lipinski definition) is 3. The lowest BCUT2D eigenvalue weighted by atomic mass is 10.3. The van der Waals surface area contributed by atoms with Crippen molar-refractivity contribution in [3.63, 3.8) is 0 Å². The maximum Gasteiger partial charge on any atom is 0.362 e. The van der Waals surface area contributed by atoms with Crippen molar-refractivity contribution in [3.05, 3.63) is 34.2 Å². The van der Waals surface area contributed by atoms with E-state index in [1.807, 2.05) is 0 Å². The summed E-state index contributed by atoms with van der Waals surface area (Å²) < 4.78 is 18.6. The summed E-state index contributed by atoms with van der Waals surface area (Å²) in [6.45, 7) is 3.21. The van der Waals surface area contributed by atoms with E-state index >= 15 is 0 Å². The van der Waals surface area contributed by atoms with Crippen molar-refractivity contribution in [1.82, 2.24) is 4.57 Å². The number of rotatable bonds is 3. The van der Waals surface area contributed by atoms with Crippen LogP contribution < -0.4 is 5.56 Å². The fourth-order valence-corrected chi connectivity index (χ4v) is 1.13. The molecule has 0 bridgehead atoms. The number of carbonyl (C=O) groups is 1. The van der Waals surface area contributed by atoms with Gasteiger partial charge < -0.3 is 4.74 Å². The van der Waals surface area contributed by atoms with Crippen molar-refractivity contribution in [3.8, 4) is 0 Å². The molecule has 0 saturated carbocycles. The van der Waals surface area contributed by atoms with E-state index in [-0.39, 0.29) is 6.61 Å². The van der Waals surface area contributed by atoms with Crippen LogP contribution in [0.25, 0.3) is 0 Å². The van der Waals surface area contributed by atoms with Crippen molar-refractivity contribution >= 4 is 5.97 Å². The Morgan fingerprint density at radius 2 is 2.33 bits per heavy atom. The SMILES string of the molecule is CCOC(=O)C(F)n1cccc(C)c1=O. The fraction of sp³-hybridized carbons (Fsp3) is 0.400. The first-order valence-corrected chi connectivity index (χ1v) is 4.56. The van der Waals surface area contributed by atoms with Gasteiger partial charge in [0.15, 0.2) is 0 Å². The number of aryl methyl sites for hydroxylation is 1. The van der Waals surface area contributed by atoms with Crippen LogP contribution >= 0.6 is 0 Å². The average molecular weight is 213 g/mol. The molecular weight excluding hydrogens is 201 g/mol. The summed E-state index contributed by atoms with van der Waals surface area (Å²) in [5.41, 5.74) is -0.150. The van der Waals surface area contributed by atoms with Crippen molar-refractivity contribution in [2.24, 2.45) is 0 Å². The van der Waals surface area contributed by atoms with Crippen LogP contribution in [0.5, 0.6) is 0 Å². The minimum absolute atomic E-state index is 0.0832. The topological polar surface area (TPSA) is 48.3 Å². The third kappa shape index (κ3) is 2.43. The Kier molecular flexibility index (Phi) is 3.60. The molecule has 1 aromatic heterocycles. The van der Waals surface area contributed by atoms with Gasteiger partial charge in [0.1, 0.15) is 0 Å². The molecule has 0 aromatic carbocycles. The Labute approximate surface area is 86.3 Å². The molecule has 0 saturated heterocycles. The Balaban J connectivity index is 3.01. The summed E-state index contributed by atoms with van der Waals surface area (Å²) in [7, 11) is 0. The van der Waals surface area contributed by atoms with Gasteiger partial charge in [0, 0.05) is 11.8 Å². The summed E-state index contributed by atoms with van der Waals surface area (Å²) in [5, 5.41) is 0. The van der Waals surface area contributed by atoms with E-state index in [1.54, 1.807) is 19.9 Å². The molecule has 0 amide bonds. The van der Waals surface area contributed by atoms with Crippen LogP contribution in [-0.4, -0.2) is 17.1 Å². The van der Waals surface area contributed by atoms with Crippen molar-refractivity contribution in [2.45, 2.75) is 20.1 Å². The number of alkyl halides is 1. The molecule has 82 valence electrons. The largest absolute Gasteiger partial charge is 0.462 e. The maximum atomic E-state index is 13.4. The van der Waals surface area contributed by atoms with Crippen molar-refractivity contribution < 1.29 is 13.9 Å². The first kappa shape index (κ1) is 11.4. The van der Waals surface area contributed by atoms with Gasteiger partial charge in [-0.1, -0.05) is 6.07 Å². The molecule has 1 atom stereocenters. The van der Waals surface area contributed by atoms with E-state index in [0.29, 0.717) is 10.1 Å². The molecule has 1 unspecified atom stereocenters. The van der Waals surface area contributed by atoms with Gasteiger partial charge in [-0.2, -0.15) is 0 Å². The van der Waals surface area contributed by atoms with E-state index in [4.69, 9.17) is 0 Å². The summed E-state index contributed by atoms with van der Waals surface area (Å²) >= 11 is 0. The zero-order chi connectivity index (χ0) is 11.4. The lowest BCUT2D eigenvalue weighted by Crippen LogP contribution is -2.29. The lowest BCUT2D eigenvalue weighted by molar-refractivity contribution is -0.153. The van der Waals surface area contributed by atoms with Gasteiger partial charge in [-0.05, 0) is 19.9 Å². The van der Waals surface area contributed by atoms with Gasteiger partial charge in [-0.15, -0.1) is 0 Å². The molecule has 15 heavy (non-hydrogen) atoms. The molecule has 0 aliphatic carbocycles. The number of aromatic nitrogens is 1. The van der Waals surface area contributed by atoms with E-state index in [0.717, 1.165) is 0 Å². The number of esters is 1. The third-order valence-corrected chi connectivity index (χ3v) is 1.89. The van der Waals surface area contributed by atoms with Crippen molar-refractivity contribution in [1.29, 1.82) is 0 Å². The standard InChI is InChI=1S/C10H12FNO3/c1-3-15-10(14)8(11)12-6-4-5-7(2)9(12)13/h4-6,8H,3H2,1-2H3. The molecule has 1 heterocycles. The van der Waals surface area contributed by atoms with E-state index in [1.165, 1.54) is 12.3 Å².